The number of aromatic nitrogens is 3. The van der Waals surface area contributed by atoms with E-state index in [2.05, 4.69) is 20.3 Å². The first-order valence-electron chi connectivity index (χ1n) is 9.71. The molecule has 0 radical (unpaired) electrons. The molecule has 0 saturated carbocycles. The Balaban J connectivity index is 1.56. The molecule has 10 heteroatoms. The zero-order chi connectivity index (χ0) is 22.8. The summed E-state index contributed by atoms with van der Waals surface area (Å²) >= 11 is 1.43. The molecule has 3 rings (SSSR count). The Hall–Kier alpha value is -3.66. The lowest BCUT2D eigenvalue weighted by atomic mass is 10.2. The highest BCUT2D eigenvalue weighted by Gasteiger charge is 2.12. The fraction of sp³-hybridized carbons (Fsp3) is 0.227. The number of nitrogens with one attached hydrogen (secondary N) is 1. The number of ether oxygens (including phenoxy) is 3. The number of carbonyl (C=O) groups is 2. The quantitative estimate of drug-likeness (QED) is 0.280. The maximum absolute atomic E-state index is 12.3. The number of amides is 1. The number of benzene rings is 1. The molecule has 9 nitrogen and oxygen atoms in total. The Kier molecular flexibility index (Phi) is 8.38. The third-order valence-corrected chi connectivity index (χ3v) is 4.95. The minimum absolute atomic E-state index is 0.228. The van der Waals surface area contributed by atoms with E-state index < -0.39 is 5.97 Å². The van der Waals surface area contributed by atoms with Gasteiger partial charge in [0, 0.05) is 29.9 Å². The molecule has 0 aliphatic carbocycles. The van der Waals surface area contributed by atoms with Crippen LogP contribution in [0.5, 0.6) is 11.5 Å². The smallest absolute Gasteiger partial charge is 0.338 e. The summed E-state index contributed by atoms with van der Waals surface area (Å²) in [5.41, 5.74) is 1.68. The second kappa shape index (κ2) is 11.7. The minimum atomic E-state index is -0.411. The number of rotatable bonds is 10. The van der Waals surface area contributed by atoms with E-state index >= 15 is 0 Å². The molecule has 2 aromatic heterocycles. The van der Waals surface area contributed by atoms with E-state index in [4.69, 9.17) is 14.2 Å². The SMILES string of the molecule is CCOC(=O)c1ccc(NC(=O)COc2cc(CSc3ncccn3)ncc2OC)cc1. The number of hydrogen-bond donors (Lipinski definition) is 1. The summed E-state index contributed by atoms with van der Waals surface area (Å²) in [7, 11) is 1.50. The predicted octanol–water partition coefficient (Wildman–Crippen LogP) is 3.37. The number of thioether (sulfide) groups is 1. The van der Waals surface area contributed by atoms with Gasteiger partial charge in [0.25, 0.3) is 5.91 Å². The molecule has 1 aromatic carbocycles. The number of hydrogen-bond acceptors (Lipinski definition) is 9. The van der Waals surface area contributed by atoms with Crippen LogP contribution < -0.4 is 14.8 Å². The van der Waals surface area contributed by atoms with Gasteiger partial charge in [0.2, 0.25) is 0 Å². The number of nitrogens with zero attached hydrogens (tertiary/aromatic N) is 3. The van der Waals surface area contributed by atoms with Crippen molar-refractivity contribution in [3.63, 3.8) is 0 Å². The van der Waals surface area contributed by atoms with Crippen LogP contribution in [-0.2, 0) is 15.3 Å². The summed E-state index contributed by atoms with van der Waals surface area (Å²) in [4.78, 5) is 36.7. The third-order valence-electron chi connectivity index (χ3n) is 4.04. The molecule has 0 aliphatic heterocycles. The summed E-state index contributed by atoms with van der Waals surface area (Å²) in [6.07, 6.45) is 4.89. The van der Waals surface area contributed by atoms with Crippen molar-refractivity contribution in [2.75, 3.05) is 25.6 Å². The molecule has 166 valence electrons. The molecule has 0 aliphatic rings. The van der Waals surface area contributed by atoms with Gasteiger partial charge in [0.15, 0.2) is 23.3 Å². The predicted molar refractivity (Wildman–Crippen MR) is 119 cm³/mol. The van der Waals surface area contributed by atoms with Crippen molar-refractivity contribution < 1.29 is 23.8 Å². The van der Waals surface area contributed by atoms with E-state index in [-0.39, 0.29) is 12.5 Å². The minimum Gasteiger partial charge on any atom is -0.491 e. The van der Waals surface area contributed by atoms with Crippen LogP contribution in [0.1, 0.15) is 23.0 Å². The number of anilines is 1. The zero-order valence-electron chi connectivity index (χ0n) is 17.6. The average molecular weight is 455 g/mol. The summed E-state index contributed by atoms with van der Waals surface area (Å²) in [5, 5.41) is 3.36. The Labute approximate surface area is 189 Å². The van der Waals surface area contributed by atoms with Crippen molar-refractivity contribution in [3.05, 3.63) is 66.2 Å². The first kappa shape index (κ1) is 23.0. The topological polar surface area (TPSA) is 113 Å². The van der Waals surface area contributed by atoms with Gasteiger partial charge in [-0.05, 0) is 37.3 Å². The molecule has 32 heavy (non-hydrogen) atoms. The summed E-state index contributed by atoms with van der Waals surface area (Å²) in [5.74, 6) is 0.581. The third kappa shape index (κ3) is 6.67. The summed E-state index contributed by atoms with van der Waals surface area (Å²) < 4.78 is 15.9. The molecule has 0 spiro atoms. The maximum atomic E-state index is 12.3. The van der Waals surface area contributed by atoms with Gasteiger partial charge in [-0.3, -0.25) is 9.78 Å². The van der Waals surface area contributed by atoms with Gasteiger partial charge in [-0.15, -0.1) is 0 Å². The van der Waals surface area contributed by atoms with Gasteiger partial charge >= 0.3 is 5.97 Å². The normalized spacial score (nSPS) is 10.3. The van der Waals surface area contributed by atoms with Crippen LogP contribution in [0.15, 0.2) is 60.1 Å². The number of esters is 1. The van der Waals surface area contributed by atoms with Crippen molar-refractivity contribution in [2.24, 2.45) is 0 Å². The number of methoxy groups -OCH3 is 1. The molecule has 0 bridgehead atoms. The molecular formula is C22H22N4O5S. The molecular weight excluding hydrogens is 432 g/mol. The first-order chi connectivity index (χ1) is 15.6. The fourth-order valence-electron chi connectivity index (χ4n) is 2.55. The highest BCUT2D eigenvalue weighted by molar-refractivity contribution is 7.98. The highest BCUT2D eigenvalue weighted by atomic mass is 32.2. The Morgan fingerprint density at radius 1 is 1.06 bits per heavy atom. The number of carbonyl (C=O) groups excluding carboxylic acids is 2. The van der Waals surface area contributed by atoms with Crippen molar-refractivity contribution in [3.8, 4) is 11.5 Å². The summed E-state index contributed by atoms with van der Waals surface area (Å²) in [6.45, 7) is 1.81. The van der Waals surface area contributed by atoms with Gasteiger partial charge in [-0.1, -0.05) is 11.8 Å². The van der Waals surface area contributed by atoms with E-state index in [1.807, 2.05) is 0 Å². The van der Waals surface area contributed by atoms with Crippen molar-refractivity contribution in [1.29, 1.82) is 0 Å². The zero-order valence-corrected chi connectivity index (χ0v) is 18.4. The standard InChI is InChI=1S/C22H22N4O5S/c1-3-30-21(28)15-5-7-16(8-6-15)26-20(27)13-31-18-11-17(25-12-19(18)29-2)14-32-22-23-9-4-10-24-22/h4-12H,3,13-14H2,1-2H3,(H,26,27). The Morgan fingerprint density at radius 3 is 2.50 bits per heavy atom. The van der Waals surface area contributed by atoms with Gasteiger partial charge in [0.1, 0.15) is 0 Å². The molecule has 1 amide bonds. The van der Waals surface area contributed by atoms with Gasteiger partial charge in [0.05, 0.1) is 31.2 Å². The lowest BCUT2D eigenvalue weighted by Gasteiger charge is -2.12. The van der Waals surface area contributed by atoms with E-state index in [0.29, 0.717) is 40.3 Å². The van der Waals surface area contributed by atoms with E-state index in [9.17, 15) is 9.59 Å². The fourth-order valence-corrected chi connectivity index (χ4v) is 3.26. The van der Waals surface area contributed by atoms with E-state index in [0.717, 1.165) is 5.69 Å². The van der Waals surface area contributed by atoms with Crippen LogP contribution in [0.4, 0.5) is 5.69 Å². The van der Waals surface area contributed by atoms with Crippen LogP contribution in [0, 0.1) is 0 Å². The molecule has 0 fully saturated rings. The molecule has 1 N–H and O–H groups in total. The second-order valence-corrected chi connectivity index (χ2v) is 7.22. The molecule has 0 unspecified atom stereocenters. The largest absolute Gasteiger partial charge is 0.491 e. The van der Waals surface area contributed by atoms with Gasteiger partial charge in [-0.2, -0.15) is 0 Å². The monoisotopic (exact) mass is 454 g/mol. The maximum Gasteiger partial charge on any atom is 0.338 e. The summed E-state index contributed by atoms with van der Waals surface area (Å²) in [6, 6.07) is 9.88. The molecule has 3 aromatic rings. The second-order valence-electron chi connectivity index (χ2n) is 6.28. The molecule has 0 atom stereocenters. The Bertz CT molecular complexity index is 1050. The lowest BCUT2D eigenvalue weighted by molar-refractivity contribution is -0.118. The lowest BCUT2D eigenvalue weighted by Crippen LogP contribution is -2.20. The molecule has 2 heterocycles. The van der Waals surface area contributed by atoms with Crippen LogP contribution in [0.3, 0.4) is 0 Å². The van der Waals surface area contributed by atoms with Crippen molar-refractivity contribution in [2.45, 2.75) is 17.8 Å². The van der Waals surface area contributed by atoms with Gasteiger partial charge in [-0.25, -0.2) is 14.8 Å². The Morgan fingerprint density at radius 2 is 1.81 bits per heavy atom. The van der Waals surface area contributed by atoms with Crippen molar-refractivity contribution in [1.82, 2.24) is 15.0 Å². The first-order valence-corrected chi connectivity index (χ1v) is 10.7. The van der Waals surface area contributed by atoms with Crippen LogP contribution in [0.2, 0.25) is 0 Å². The van der Waals surface area contributed by atoms with Crippen LogP contribution in [0.25, 0.3) is 0 Å². The van der Waals surface area contributed by atoms with Crippen LogP contribution in [-0.4, -0.2) is 47.2 Å². The van der Waals surface area contributed by atoms with Crippen molar-refractivity contribution >= 4 is 29.3 Å². The van der Waals surface area contributed by atoms with Gasteiger partial charge < -0.3 is 19.5 Å². The van der Waals surface area contributed by atoms with E-state index in [1.165, 1.54) is 18.9 Å². The number of pyridine rings is 1. The highest BCUT2D eigenvalue weighted by Crippen LogP contribution is 2.28. The van der Waals surface area contributed by atoms with Crippen LogP contribution >= 0.6 is 11.8 Å². The van der Waals surface area contributed by atoms with E-state index in [1.54, 1.807) is 61.9 Å². The molecule has 0 saturated heterocycles. The average Bonchev–Trinajstić information content (AvgIpc) is 2.82.